The lowest BCUT2D eigenvalue weighted by molar-refractivity contribution is 0.112. The summed E-state index contributed by atoms with van der Waals surface area (Å²) in [6, 6.07) is 29.8. The van der Waals surface area contributed by atoms with Gasteiger partial charge in [0.25, 0.3) is 0 Å². The molecule has 0 radical (unpaired) electrons. The van der Waals surface area contributed by atoms with E-state index in [0.29, 0.717) is 17.1 Å². The van der Waals surface area contributed by atoms with E-state index in [1.807, 2.05) is 144 Å². The Kier molecular flexibility index (Phi) is 5.77. The summed E-state index contributed by atoms with van der Waals surface area (Å²) in [5, 5.41) is 12.7. The summed E-state index contributed by atoms with van der Waals surface area (Å²) in [6.07, 6.45) is 5.57. The number of benzene rings is 3. The molecule has 0 saturated heterocycles. The summed E-state index contributed by atoms with van der Waals surface area (Å²) in [7, 11) is 5.79. The molecule has 3 heterocycles. The Labute approximate surface area is 221 Å². The van der Waals surface area contributed by atoms with Crippen LogP contribution in [0.25, 0.3) is 34.2 Å². The third-order valence-electron chi connectivity index (χ3n) is 6.84. The van der Waals surface area contributed by atoms with Gasteiger partial charge in [0, 0.05) is 56.4 Å². The van der Waals surface area contributed by atoms with Crippen LogP contribution in [0.15, 0.2) is 110 Å². The first-order valence-corrected chi connectivity index (χ1v) is 12.5. The molecule has 0 atom stereocenters. The first-order chi connectivity index (χ1) is 18.4. The van der Waals surface area contributed by atoms with Gasteiger partial charge in [-0.25, -0.2) is 15.0 Å². The van der Waals surface area contributed by atoms with Gasteiger partial charge in [-0.3, -0.25) is 0 Å². The van der Waals surface area contributed by atoms with Gasteiger partial charge < -0.3 is 18.8 Å². The molecule has 3 aromatic carbocycles. The first-order valence-electron chi connectivity index (χ1n) is 12.5. The Morgan fingerprint density at radius 1 is 0.474 bits per heavy atom. The standard InChI is InChI=1S/C31H28N6O/c1-35-19-25(32-28(35)22-13-7-4-8-14-22)31(38,26-20-36(2)29(33-26)23-15-9-5-10-16-23)27-21-37(3)30(34-27)24-17-11-6-12-18-24/h4-21,38H,1-3H3. The molecule has 0 saturated carbocycles. The lowest BCUT2D eigenvalue weighted by atomic mass is 9.93. The summed E-state index contributed by atoms with van der Waals surface area (Å²) in [5.41, 5.74) is 2.54. The van der Waals surface area contributed by atoms with E-state index in [4.69, 9.17) is 15.0 Å². The number of hydrogen-bond acceptors (Lipinski definition) is 4. The summed E-state index contributed by atoms with van der Waals surface area (Å²) in [6.45, 7) is 0. The molecule has 0 amide bonds. The van der Waals surface area contributed by atoms with Crippen molar-refractivity contribution in [3.05, 3.63) is 127 Å². The van der Waals surface area contributed by atoms with Gasteiger partial charge >= 0.3 is 0 Å². The summed E-state index contributed by atoms with van der Waals surface area (Å²) < 4.78 is 5.78. The molecule has 0 unspecified atom stereocenters. The molecule has 6 rings (SSSR count). The average Bonchev–Trinajstić information content (AvgIpc) is 3.66. The second kappa shape index (κ2) is 9.28. The van der Waals surface area contributed by atoms with E-state index in [1.54, 1.807) is 0 Å². The molecule has 3 aromatic heterocycles. The molecule has 188 valence electrons. The van der Waals surface area contributed by atoms with Crippen molar-refractivity contribution in [2.24, 2.45) is 21.1 Å². The van der Waals surface area contributed by atoms with Crippen molar-refractivity contribution in [2.75, 3.05) is 0 Å². The van der Waals surface area contributed by atoms with Crippen LogP contribution in [0.3, 0.4) is 0 Å². The van der Waals surface area contributed by atoms with E-state index in [9.17, 15) is 5.11 Å². The normalized spacial score (nSPS) is 11.7. The van der Waals surface area contributed by atoms with E-state index in [1.165, 1.54) is 0 Å². The minimum absolute atomic E-state index is 0.453. The number of rotatable bonds is 6. The van der Waals surface area contributed by atoms with E-state index in [0.717, 1.165) is 34.2 Å². The molecule has 0 bridgehead atoms. The van der Waals surface area contributed by atoms with Gasteiger partial charge in [0.15, 0.2) is 5.60 Å². The number of aliphatic hydroxyl groups is 1. The molecule has 38 heavy (non-hydrogen) atoms. The zero-order chi connectivity index (χ0) is 26.3. The molecule has 0 aliphatic carbocycles. The first kappa shape index (κ1) is 23.6. The minimum Gasteiger partial charge on any atom is -0.372 e. The van der Waals surface area contributed by atoms with E-state index < -0.39 is 5.60 Å². The SMILES string of the molecule is Cn1cc(C(O)(c2cn(C)c(-c3ccccc3)n2)c2cn(C)c(-c3ccccc3)n2)nc1-c1ccccc1. The van der Waals surface area contributed by atoms with Crippen LogP contribution in [0.5, 0.6) is 0 Å². The Balaban J connectivity index is 1.56. The second-order valence-electron chi connectivity index (χ2n) is 9.49. The highest BCUT2D eigenvalue weighted by Crippen LogP contribution is 2.38. The number of aryl methyl sites for hydroxylation is 3. The van der Waals surface area contributed by atoms with Crippen LogP contribution in [0.4, 0.5) is 0 Å². The van der Waals surface area contributed by atoms with Gasteiger partial charge in [0.1, 0.15) is 34.6 Å². The lowest BCUT2D eigenvalue weighted by Crippen LogP contribution is -2.30. The number of aromatic nitrogens is 6. The topological polar surface area (TPSA) is 73.7 Å². The second-order valence-corrected chi connectivity index (χ2v) is 9.49. The molecular formula is C31H28N6O. The maximum absolute atomic E-state index is 12.7. The maximum atomic E-state index is 12.7. The summed E-state index contributed by atoms with van der Waals surface area (Å²) >= 11 is 0. The third kappa shape index (κ3) is 3.93. The molecular weight excluding hydrogens is 472 g/mol. The number of nitrogens with zero attached hydrogens (tertiary/aromatic N) is 6. The monoisotopic (exact) mass is 500 g/mol. The predicted molar refractivity (Wildman–Crippen MR) is 148 cm³/mol. The van der Waals surface area contributed by atoms with E-state index in [2.05, 4.69) is 0 Å². The zero-order valence-electron chi connectivity index (χ0n) is 21.5. The molecule has 0 spiro atoms. The highest BCUT2D eigenvalue weighted by Gasteiger charge is 2.42. The third-order valence-corrected chi connectivity index (χ3v) is 6.84. The summed E-state index contributed by atoms with van der Waals surface area (Å²) in [5.74, 6) is 2.24. The molecule has 0 aliphatic heterocycles. The lowest BCUT2D eigenvalue weighted by Gasteiger charge is -2.22. The van der Waals surface area contributed by atoms with Crippen LogP contribution >= 0.6 is 0 Å². The van der Waals surface area contributed by atoms with Crippen molar-refractivity contribution in [1.82, 2.24) is 28.7 Å². The van der Waals surface area contributed by atoms with Gasteiger partial charge in [0.05, 0.1) is 0 Å². The van der Waals surface area contributed by atoms with Crippen LogP contribution in [0.1, 0.15) is 17.1 Å². The fourth-order valence-electron chi connectivity index (χ4n) is 4.88. The van der Waals surface area contributed by atoms with Crippen molar-refractivity contribution in [3.63, 3.8) is 0 Å². The fourth-order valence-corrected chi connectivity index (χ4v) is 4.88. The smallest absolute Gasteiger partial charge is 0.196 e. The van der Waals surface area contributed by atoms with Gasteiger partial charge in [-0.05, 0) is 0 Å². The highest BCUT2D eigenvalue weighted by molar-refractivity contribution is 5.60. The largest absolute Gasteiger partial charge is 0.372 e. The maximum Gasteiger partial charge on any atom is 0.196 e. The Hall–Kier alpha value is -4.75. The zero-order valence-corrected chi connectivity index (χ0v) is 21.5. The van der Waals surface area contributed by atoms with Crippen molar-refractivity contribution in [2.45, 2.75) is 5.60 Å². The average molecular weight is 501 g/mol. The van der Waals surface area contributed by atoms with Gasteiger partial charge in [-0.2, -0.15) is 0 Å². The van der Waals surface area contributed by atoms with Gasteiger partial charge in [0.2, 0.25) is 0 Å². The van der Waals surface area contributed by atoms with E-state index in [-0.39, 0.29) is 0 Å². The van der Waals surface area contributed by atoms with Crippen LogP contribution in [-0.4, -0.2) is 33.8 Å². The number of hydrogen-bond donors (Lipinski definition) is 1. The van der Waals surface area contributed by atoms with Gasteiger partial charge in [-0.15, -0.1) is 0 Å². The van der Waals surface area contributed by atoms with Gasteiger partial charge in [-0.1, -0.05) is 91.0 Å². The quantitative estimate of drug-likeness (QED) is 0.342. The van der Waals surface area contributed by atoms with Crippen LogP contribution < -0.4 is 0 Å². The van der Waals surface area contributed by atoms with Crippen LogP contribution in [0.2, 0.25) is 0 Å². The van der Waals surface area contributed by atoms with E-state index >= 15 is 0 Å². The molecule has 7 nitrogen and oxygen atoms in total. The molecule has 7 heteroatoms. The van der Waals surface area contributed by atoms with Crippen LogP contribution in [-0.2, 0) is 26.7 Å². The van der Waals surface area contributed by atoms with Crippen molar-refractivity contribution < 1.29 is 5.11 Å². The molecule has 6 aromatic rings. The Bertz CT molecular complexity index is 1500. The molecule has 0 fully saturated rings. The predicted octanol–water partition coefficient (Wildman–Crippen LogP) is 5.17. The highest BCUT2D eigenvalue weighted by atomic mass is 16.3. The summed E-state index contributed by atoms with van der Waals surface area (Å²) in [4.78, 5) is 14.8. The van der Waals surface area contributed by atoms with Crippen molar-refractivity contribution in [3.8, 4) is 34.2 Å². The van der Waals surface area contributed by atoms with Crippen molar-refractivity contribution >= 4 is 0 Å². The number of imidazole rings is 3. The minimum atomic E-state index is -1.69. The van der Waals surface area contributed by atoms with Crippen molar-refractivity contribution in [1.29, 1.82) is 0 Å². The Morgan fingerprint density at radius 3 is 1.00 bits per heavy atom. The molecule has 1 N–H and O–H groups in total. The Morgan fingerprint density at radius 2 is 0.737 bits per heavy atom. The van der Waals surface area contributed by atoms with Crippen LogP contribution in [0, 0.1) is 0 Å². The molecule has 0 aliphatic rings. The fraction of sp³-hybridized carbons (Fsp3) is 0.129.